The van der Waals surface area contributed by atoms with Gasteiger partial charge in [-0.1, -0.05) is 38.1 Å². The lowest BCUT2D eigenvalue weighted by molar-refractivity contribution is 0.547. The third kappa shape index (κ3) is 2.76. The molecule has 0 fully saturated rings. The summed E-state index contributed by atoms with van der Waals surface area (Å²) in [5.74, 6) is 1.19. The molecule has 2 heteroatoms. The van der Waals surface area contributed by atoms with Crippen LogP contribution in [-0.4, -0.2) is 17.5 Å². The molecule has 1 unspecified atom stereocenters. The van der Waals surface area contributed by atoms with E-state index in [9.17, 15) is 0 Å². The minimum absolute atomic E-state index is 0.558. The van der Waals surface area contributed by atoms with Crippen molar-refractivity contribution < 1.29 is 0 Å². The second-order valence-electron chi connectivity index (χ2n) is 4.34. The zero-order valence-corrected chi connectivity index (χ0v) is 10.3. The van der Waals surface area contributed by atoms with Crippen molar-refractivity contribution in [2.24, 2.45) is 0 Å². The fourth-order valence-corrected chi connectivity index (χ4v) is 2.90. The fourth-order valence-electron chi connectivity index (χ4n) is 2.03. The van der Waals surface area contributed by atoms with Crippen LogP contribution in [0.1, 0.15) is 31.0 Å². The Morgan fingerprint density at radius 2 is 2.20 bits per heavy atom. The van der Waals surface area contributed by atoms with E-state index in [1.54, 1.807) is 0 Å². The quantitative estimate of drug-likeness (QED) is 0.842. The summed E-state index contributed by atoms with van der Waals surface area (Å²) in [5.41, 5.74) is 3.04. The Balaban J connectivity index is 2.08. The topological polar surface area (TPSA) is 12.0 Å². The molecule has 1 aromatic carbocycles. The van der Waals surface area contributed by atoms with E-state index in [1.807, 2.05) is 11.8 Å². The van der Waals surface area contributed by atoms with Crippen LogP contribution in [-0.2, 0) is 6.42 Å². The van der Waals surface area contributed by atoms with Crippen molar-refractivity contribution in [3.63, 3.8) is 0 Å². The van der Waals surface area contributed by atoms with Crippen LogP contribution in [0.2, 0.25) is 0 Å². The highest BCUT2D eigenvalue weighted by Gasteiger charge is 2.18. The maximum atomic E-state index is 3.61. The second kappa shape index (κ2) is 5.04. The predicted octanol–water partition coefficient (Wildman–Crippen LogP) is 3.02. The summed E-state index contributed by atoms with van der Waals surface area (Å²) in [6.45, 7) is 5.65. The molecule has 0 amide bonds. The van der Waals surface area contributed by atoms with Crippen LogP contribution in [0.25, 0.3) is 0 Å². The predicted molar refractivity (Wildman–Crippen MR) is 68.5 cm³/mol. The van der Waals surface area contributed by atoms with Crippen LogP contribution >= 0.6 is 11.8 Å². The van der Waals surface area contributed by atoms with E-state index in [2.05, 4.69) is 43.4 Å². The van der Waals surface area contributed by atoms with E-state index in [1.165, 1.54) is 23.3 Å². The van der Waals surface area contributed by atoms with Crippen LogP contribution in [0.3, 0.4) is 0 Å². The maximum Gasteiger partial charge on any atom is 0.0414 e. The lowest BCUT2D eigenvalue weighted by atomic mass is 9.95. The summed E-state index contributed by atoms with van der Waals surface area (Å²) in [4.78, 5) is 0. The largest absolute Gasteiger partial charge is 0.309 e. The van der Waals surface area contributed by atoms with Gasteiger partial charge in [0, 0.05) is 11.8 Å². The van der Waals surface area contributed by atoms with E-state index in [-0.39, 0.29) is 0 Å². The Labute approximate surface area is 96.7 Å². The van der Waals surface area contributed by atoms with E-state index in [4.69, 9.17) is 0 Å². The molecule has 1 nitrogen and oxygen atoms in total. The Morgan fingerprint density at radius 1 is 1.40 bits per heavy atom. The summed E-state index contributed by atoms with van der Waals surface area (Å²) in [7, 11) is 0. The molecule has 1 aromatic rings. The lowest BCUT2D eigenvalue weighted by Crippen LogP contribution is -2.31. The summed E-state index contributed by atoms with van der Waals surface area (Å²) in [6.07, 6.45) is 1.18. The van der Waals surface area contributed by atoms with Gasteiger partial charge in [0.15, 0.2) is 0 Å². The van der Waals surface area contributed by atoms with Gasteiger partial charge in [0.2, 0.25) is 0 Å². The SMILES string of the molecule is CC(C)SCC1NCCc2ccccc21. The van der Waals surface area contributed by atoms with Crippen molar-refractivity contribution in [1.82, 2.24) is 5.32 Å². The number of benzene rings is 1. The van der Waals surface area contributed by atoms with E-state index < -0.39 is 0 Å². The van der Waals surface area contributed by atoms with Gasteiger partial charge in [-0.3, -0.25) is 0 Å². The Kier molecular flexibility index (Phi) is 3.71. The van der Waals surface area contributed by atoms with E-state index in [0.29, 0.717) is 6.04 Å². The summed E-state index contributed by atoms with van der Waals surface area (Å²) < 4.78 is 0. The van der Waals surface area contributed by atoms with Crippen LogP contribution in [0.4, 0.5) is 0 Å². The third-order valence-corrected chi connectivity index (χ3v) is 4.00. The zero-order chi connectivity index (χ0) is 10.7. The molecule has 0 saturated heterocycles. The molecule has 0 aliphatic carbocycles. The van der Waals surface area contributed by atoms with Gasteiger partial charge in [-0.25, -0.2) is 0 Å². The molecule has 1 aliphatic rings. The van der Waals surface area contributed by atoms with Gasteiger partial charge in [0.05, 0.1) is 0 Å². The van der Waals surface area contributed by atoms with Gasteiger partial charge >= 0.3 is 0 Å². The van der Waals surface area contributed by atoms with Crippen molar-refractivity contribution in [2.75, 3.05) is 12.3 Å². The van der Waals surface area contributed by atoms with Crippen LogP contribution in [0.5, 0.6) is 0 Å². The summed E-state index contributed by atoms with van der Waals surface area (Å²) in [5, 5.41) is 4.33. The Hall–Kier alpha value is -0.470. The highest BCUT2D eigenvalue weighted by atomic mass is 32.2. The summed E-state index contributed by atoms with van der Waals surface area (Å²) >= 11 is 2.04. The second-order valence-corrected chi connectivity index (χ2v) is 5.95. The van der Waals surface area contributed by atoms with Crippen molar-refractivity contribution in [2.45, 2.75) is 31.6 Å². The van der Waals surface area contributed by atoms with Crippen LogP contribution < -0.4 is 5.32 Å². The van der Waals surface area contributed by atoms with Crippen molar-refractivity contribution in [3.05, 3.63) is 35.4 Å². The van der Waals surface area contributed by atoms with E-state index in [0.717, 1.165) is 11.8 Å². The molecule has 1 heterocycles. The number of fused-ring (bicyclic) bond motifs is 1. The molecule has 0 aromatic heterocycles. The average molecular weight is 221 g/mol. The first-order chi connectivity index (χ1) is 7.27. The van der Waals surface area contributed by atoms with Crippen molar-refractivity contribution in [3.8, 4) is 0 Å². The van der Waals surface area contributed by atoms with Crippen molar-refractivity contribution >= 4 is 11.8 Å². The highest BCUT2D eigenvalue weighted by molar-refractivity contribution is 7.99. The molecule has 2 rings (SSSR count). The molecule has 1 N–H and O–H groups in total. The minimum Gasteiger partial charge on any atom is -0.309 e. The Bertz CT molecular complexity index is 322. The number of thioether (sulfide) groups is 1. The van der Waals surface area contributed by atoms with Gasteiger partial charge in [-0.15, -0.1) is 0 Å². The summed E-state index contributed by atoms with van der Waals surface area (Å²) in [6, 6.07) is 9.40. The molecule has 82 valence electrons. The van der Waals surface area contributed by atoms with Gasteiger partial charge in [0.1, 0.15) is 0 Å². The number of hydrogen-bond acceptors (Lipinski definition) is 2. The lowest BCUT2D eigenvalue weighted by Gasteiger charge is -2.27. The fraction of sp³-hybridized carbons (Fsp3) is 0.538. The number of rotatable bonds is 3. The molecule has 15 heavy (non-hydrogen) atoms. The zero-order valence-electron chi connectivity index (χ0n) is 9.49. The van der Waals surface area contributed by atoms with Gasteiger partial charge in [0.25, 0.3) is 0 Å². The first-order valence-electron chi connectivity index (χ1n) is 5.70. The van der Waals surface area contributed by atoms with Crippen LogP contribution in [0, 0.1) is 0 Å². The first kappa shape index (κ1) is 11.0. The smallest absolute Gasteiger partial charge is 0.0414 e. The average Bonchev–Trinajstić information content (AvgIpc) is 2.26. The monoisotopic (exact) mass is 221 g/mol. The Morgan fingerprint density at radius 3 is 3.00 bits per heavy atom. The minimum atomic E-state index is 0.558. The molecular formula is C13H19NS. The third-order valence-electron chi connectivity index (χ3n) is 2.81. The molecule has 0 spiro atoms. The number of nitrogens with one attached hydrogen (secondary N) is 1. The molecule has 1 atom stereocenters. The first-order valence-corrected chi connectivity index (χ1v) is 6.75. The molecule has 0 saturated carbocycles. The van der Waals surface area contributed by atoms with Crippen molar-refractivity contribution in [1.29, 1.82) is 0 Å². The van der Waals surface area contributed by atoms with Gasteiger partial charge in [-0.2, -0.15) is 11.8 Å². The highest BCUT2D eigenvalue weighted by Crippen LogP contribution is 2.26. The van der Waals surface area contributed by atoms with Crippen LogP contribution in [0.15, 0.2) is 24.3 Å². The number of hydrogen-bond donors (Lipinski definition) is 1. The standard InChI is InChI=1S/C13H19NS/c1-10(2)15-9-13-12-6-4-3-5-11(12)7-8-14-13/h3-6,10,13-14H,7-9H2,1-2H3. The molecule has 1 aliphatic heterocycles. The van der Waals surface area contributed by atoms with E-state index >= 15 is 0 Å². The molecule has 0 bridgehead atoms. The normalized spacial score (nSPS) is 20.3. The van der Waals surface area contributed by atoms with Gasteiger partial charge < -0.3 is 5.32 Å². The maximum absolute atomic E-state index is 3.61. The van der Waals surface area contributed by atoms with Gasteiger partial charge in [-0.05, 0) is 29.3 Å². The molecular weight excluding hydrogens is 202 g/mol. The molecule has 0 radical (unpaired) electrons.